The fraction of sp³-hybridized carbons (Fsp3) is 0.370. The van der Waals surface area contributed by atoms with Gasteiger partial charge in [-0.1, -0.05) is 60.7 Å². The molecule has 1 unspecified atom stereocenters. The molecule has 2 fully saturated rings. The Morgan fingerprint density at radius 3 is 2.65 bits per heavy atom. The van der Waals surface area contributed by atoms with E-state index >= 15 is 4.39 Å². The Labute approximate surface area is 223 Å². The van der Waals surface area contributed by atoms with Gasteiger partial charge in [-0.25, -0.2) is 14.2 Å². The third-order valence-electron chi connectivity index (χ3n) is 7.96. The molecule has 1 aromatic heterocycles. The number of carboxylic acids is 1. The second-order valence-electron chi connectivity index (χ2n) is 9.69. The van der Waals surface area contributed by atoms with E-state index in [1.54, 1.807) is 37.4 Å². The van der Waals surface area contributed by atoms with Crippen molar-refractivity contribution in [3.05, 3.63) is 81.2 Å². The minimum Gasteiger partial charge on any atom is -0.476 e. The van der Waals surface area contributed by atoms with Crippen LogP contribution in [0.4, 0.5) is 10.1 Å². The Bertz CT molecular complexity index is 1360. The topological polar surface area (TPSA) is 104 Å². The summed E-state index contributed by atoms with van der Waals surface area (Å²) in [7, 11) is 1.74. The van der Waals surface area contributed by atoms with Gasteiger partial charge in [0.25, 0.3) is 0 Å². The van der Waals surface area contributed by atoms with E-state index in [0.717, 1.165) is 31.8 Å². The summed E-state index contributed by atoms with van der Waals surface area (Å²) in [4.78, 5) is 29.4. The number of oxazole rings is 1. The Morgan fingerprint density at radius 2 is 2.00 bits per heavy atom. The van der Waals surface area contributed by atoms with Crippen molar-refractivity contribution in [3.8, 4) is 0 Å². The quantitative estimate of drug-likeness (QED) is 0.320. The van der Waals surface area contributed by atoms with Gasteiger partial charge in [-0.3, -0.25) is 5.32 Å². The highest BCUT2D eigenvalue weighted by atomic mass is 35.5. The van der Waals surface area contributed by atoms with E-state index in [0.29, 0.717) is 29.1 Å². The molecule has 0 amide bonds. The maximum Gasteiger partial charge on any atom is 0.357 e. The molecule has 194 valence electrons. The molecule has 1 aliphatic heterocycles. The number of carbonyl (C=O) groups excluding carboxylic acids is 1. The molecule has 2 aromatic carbocycles. The lowest BCUT2D eigenvalue weighted by Crippen LogP contribution is -2.58. The SMILES string of the molecule is CNc1cc(Cl)ccc1C1(C=O)[C@@H](c2cccc(Cl)c2F)[C@H](c2nc(C(=O)O)co2)NC12CCCCC2. The predicted octanol–water partition coefficient (Wildman–Crippen LogP) is 6.13. The number of hydrogen-bond donors (Lipinski definition) is 3. The van der Waals surface area contributed by atoms with E-state index in [9.17, 15) is 14.7 Å². The van der Waals surface area contributed by atoms with Crippen LogP contribution in [0.1, 0.15) is 71.6 Å². The number of rotatable bonds is 6. The first-order chi connectivity index (χ1) is 17.8. The smallest absolute Gasteiger partial charge is 0.357 e. The predicted molar refractivity (Wildman–Crippen MR) is 138 cm³/mol. The average molecular weight is 546 g/mol. The van der Waals surface area contributed by atoms with Crippen molar-refractivity contribution in [1.82, 2.24) is 10.3 Å². The highest BCUT2D eigenvalue weighted by Crippen LogP contribution is 2.62. The number of anilines is 1. The van der Waals surface area contributed by atoms with Crippen LogP contribution in [-0.4, -0.2) is 34.9 Å². The molecular weight excluding hydrogens is 520 g/mol. The zero-order valence-corrected chi connectivity index (χ0v) is 21.6. The summed E-state index contributed by atoms with van der Waals surface area (Å²) in [5, 5.41) is 16.7. The van der Waals surface area contributed by atoms with Crippen LogP contribution in [0.3, 0.4) is 0 Å². The van der Waals surface area contributed by atoms with Crippen LogP contribution in [-0.2, 0) is 10.2 Å². The second kappa shape index (κ2) is 9.74. The third-order valence-corrected chi connectivity index (χ3v) is 8.49. The number of halogens is 3. The monoisotopic (exact) mass is 545 g/mol. The van der Waals surface area contributed by atoms with Crippen molar-refractivity contribution in [2.24, 2.45) is 0 Å². The molecule has 1 saturated carbocycles. The van der Waals surface area contributed by atoms with Gasteiger partial charge in [-0.05, 0) is 42.2 Å². The summed E-state index contributed by atoms with van der Waals surface area (Å²) in [6.45, 7) is 0. The van der Waals surface area contributed by atoms with Gasteiger partial charge in [0, 0.05) is 29.2 Å². The zero-order valence-electron chi connectivity index (χ0n) is 20.1. The summed E-state index contributed by atoms with van der Waals surface area (Å²) >= 11 is 12.6. The number of hydrogen-bond acceptors (Lipinski definition) is 6. The van der Waals surface area contributed by atoms with Crippen molar-refractivity contribution >= 4 is 41.1 Å². The van der Waals surface area contributed by atoms with Crippen LogP contribution >= 0.6 is 23.2 Å². The van der Waals surface area contributed by atoms with Crippen molar-refractivity contribution < 1.29 is 23.5 Å². The Hall–Kier alpha value is -2.94. The van der Waals surface area contributed by atoms with E-state index in [4.69, 9.17) is 27.6 Å². The molecule has 1 aliphatic carbocycles. The molecule has 10 heteroatoms. The Morgan fingerprint density at radius 1 is 1.24 bits per heavy atom. The molecule has 3 atom stereocenters. The number of carbonyl (C=O) groups is 2. The first kappa shape index (κ1) is 25.7. The number of benzene rings is 2. The molecule has 37 heavy (non-hydrogen) atoms. The Kier molecular flexibility index (Phi) is 6.77. The lowest BCUT2D eigenvalue weighted by molar-refractivity contribution is -0.115. The number of aldehydes is 1. The summed E-state index contributed by atoms with van der Waals surface area (Å²) in [5.74, 6) is -2.70. The number of aromatic carboxylic acids is 1. The first-order valence-electron chi connectivity index (χ1n) is 12.1. The summed E-state index contributed by atoms with van der Waals surface area (Å²) in [5.41, 5.74) is -0.866. The number of aromatic nitrogens is 1. The van der Waals surface area contributed by atoms with E-state index < -0.39 is 34.7 Å². The van der Waals surface area contributed by atoms with E-state index in [1.165, 1.54) is 6.07 Å². The van der Waals surface area contributed by atoms with Gasteiger partial charge in [-0.2, -0.15) is 0 Å². The van der Waals surface area contributed by atoms with Crippen LogP contribution in [0, 0.1) is 5.82 Å². The van der Waals surface area contributed by atoms with Crippen LogP contribution < -0.4 is 10.6 Å². The van der Waals surface area contributed by atoms with Crippen molar-refractivity contribution in [2.45, 2.75) is 55.0 Å². The molecule has 1 spiro atoms. The van der Waals surface area contributed by atoms with Crippen LogP contribution in [0.25, 0.3) is 0 Å². The number of carboxylic acid groups (broad SMARTS) is 1. The standard InChI is InChI=1S/C27H26Cl2FN3O4/c1-31-19-12-15(28)8-9-17(19)27(14-34)21(16-6-5-7-18(29)22(16)30)23(24-32-20(13-37-24)25(35)36)33-26(27)10-3-2-4-11-26/h5-9,12-14,21,23,31,33H,2-4,10-11H2,1H3,(H,35,36)/t21-,23+,27?/m0/s1. The average Bonchev–Trinajstić information content (AvgIpc) is 3.49. The molecule has 2 heterocycles. The number of nitrogens with one attached hydrogen (secondary N) is 2. The molecule has 7 nitrogen and oxygen atoms in total. The van der Waals surface area contributed by atoms with Crippen LogP contribution in [0.15, 0.2) is 47.1 Å². The van der Waals surface area contributed by atoms with Gasteiger partial charge in [-0.15, -0.1) is 0 Å². The van der Waals surface area contributed by atoms with Gasteiger partial charge in [0.15, 0.2) is 5.69 Å². The second-order valence-corrected chi connectivity index (χ2v) is 10.5. The maximum atomic E-state index is 15.8. The largest absolute Gasteiger partial charge is 0.476 e. The van der Waals surface area contributed by atoms with E-state index in [-0.39, 0.29) is 22.2 Å². The van der Waals surface area contributed by atoms with Gasteiger partial charge < -0.3 is 19.6 Å². The summed E-state index contributed by atoms with van der Waals surface area (Å²) in [6.07, 6.45) is 5.95. The number of nitrogens with zero attached hydrogens (tertiary/aromatic N) is 1. The normalized spacial score (nSPS) is 24.8. The molecule has 2 aliphatic rings. The van der Waals surface area contributed by atoms with Crippen molar-refractivity contribution in [3.63, 3.8) is 0 Å². The van der Waals surface area contributed by atoms with E-state index in [2.05, 4.69) is 15.6 Å². The first-order valence-corrected chi connectivity index (χ1v) is 12.9. The van der Waals surface area contributed by atoms with Gasteiger partial charge >= 0.3 is 5.97 Å². The summed E-state index contributed by atoms with van der Waals surface area (Å²) < 4.78 is 21.5. The lowest BCUT2D eigenvalue weighted by atomic mass is 9.55. The Balaban J connectivity index is 1.86. The van der Waals surface area contributed by atoms with Crippen molar-refractivity contribution in [2.75, 3.05) is 12.4 Å². The van der Waals surface area contributed by atoms with Gasteiger partial charge in [0.2, 0.25) is 5.89 Å². The molecule has 0 bridgehead atoms. The fourth-order valence-electron chi connectivity index (χ4n) is 6.45. The zero-order chi connectivity index (χ0) is 26.4. The van der Waals surface area contributed by atoms with Gasteiger partial charge in [0.1, 0.15) is 18.4 Å². The fourth-order valence-corrected chi connectivity index (χ4v) is 6.81. The minimum absolute atomic E-state index is 0.0652. The molecular formula is C27H26Cl2FN3O4. The molecule has 1 saturated heterocycles. The third kappa shape index (κ3) is 3.93. The highest BCUT2D eigenvalue weighted by molar-refractivity contribution is 6.31. The van der Waals surface area contributed by atoms with Crippen molar-refractivity contribution in [1.29, 1.82) is 0 Å². The van der Waals surface area contributed by atoms with Gasteiger partial charge in [0.05, 0.1) is 16.5 Å². The van der Waals surface area contributed by atoms with E-state index in [1.807, 2.05) is 0 Å². The maximum absolute atomic E-state index is 15.8. The molecule has 3 N–H and O–H groups in total. The van der Waals surface area contributed by atoms with Crippen LogP contribution in [0.2, 0.25) is 10.0 Å². The van der Waals surface area contributed by atoms with Crippen LogP contribution in [0.5, 0.6) is 0 Å². The molecule has 3 aromatic rings. The lowest BCUT2D eigenvalue weighted by Gasteiger charge is -2.48. The summed E-state index contributed by atoms with van der Waals surface area (Å²) in [6, 6.07) is 9.14. The highest BCUT2D eigenvalue weighted by Gasteiger charge is 2.67. The minimum atomic E-state index is -1.30. The molecule has 0 radical (unpaired) electrons. The molecule has 5 rings (SSSR count).